The Morgan fingerprint density at radius 1 is 1.08 bits per heavy atom. The van der Waals surface area contributed by atoms with Gasteiger partial charge in [-0.05, 0) is 22.6 Å². The van der Waals surface area contributed by atoms with Crippen LogP contribution in [0.25, 0.3) is 10.4 Å². The summed E-state index contributed by atoms with van der Waals surface area (Å²) in [5.74, 6) is 0.417. The van der Waals surface area contributed by atoms with Crippen molar-refractivity contribution >= 4 is 5.91 Å². The Morgan fingerprint density at radius 2 is 1.67 bits per heavy atom. The van der Waals surface area contributed by atoms with E-state index in [0.29, 0.717) is 26.1 Å². The van der Waals surface area contributed by atoms with Gasteiger partial charge in [0.1, 0.15) is 0 Å². The van der Waals surface area contributed by atoms with E-state index in [4.69, 9.17) is 5.53 Å². The largest absolute Gasteiger partial charge is 0.341 e. The summed E-state index contributed by atoms with van der Waals surface area (Å²) in [6.45, 7) is 1.70. The van der Waals surface area contributed by atoms with Crippen molar-refractivity contribution in [3.63, 3.8) is 0 Å². The number of amides is 1. The molecule has 0 spiro atoms. The van der Waals surface area contributed by atoms with Crippen LogP contribution in [0.2, 0.25) is 0 Å². The summed E-state index contributed by atoms with van der Waals surface area (Å²) < 4.78 is 0. The van der Waals surface area contributed by atoms with Crippen molar-refractivity contribution in [2.45, 2.75) is 12.3 Å². The van der Waals surface area contributed by atoms with E-state index in [0.717, 1.165) is 0 Å². The molecular formula is C19H20N4O. The minimum atomic E-state index is 0.126. The molecule has 3 rings (SSSR count). The molecule has 5 nitrogen and oxygen atoms in total. The molecule has 1 fully saturated rings. The number of nitrogens with zero attached hydrogens (tertiary/aromatic N) is 4. The van der Waals surface area contributed by atoms with E-state index in [1.807, 2.05) is 41.3 Å². The van der Waals surface area contributed by atoms with Crippen LogP contribution in [0.15, 0.2) is 65.8 Å². The Kier molecular flexibility index (Phi) is 5.14. The van der Waals surface area contributed by atoms with Crippen LogP contribution in [-0.4, -0.2) is 30.4 Å². The van der Waals surface area contributed by atoms with Gasteiger partial charge in [-0.3, -0.25) is 4.79 Å². The lowest BCUT2D eigenvalue weighted by molar-refractivity contribution is -0.127. The van der Waals surface area contributed by atoms with Gasteiger partial charge in [-0.15, -0.1) is 0 Å². The van der Waals surface area contributed by atoms with Crippen LogP contribution in [0.3, 0.4) is 0 Å². The van der Waals surface area contributed by atoms with Gasteiger partial charge in [0.25, 0.3) is 0 Å². The van der Waals surface area contributed by atoms with Gasteiger partial charge in [-0.1, -0.05) is 65.8 Å². The zero-order valence-electron chi connectivity index (χ0n) is 13.5. The Hall–Kier alpha value is -2.78. The van der Waals surface area contributed by atoms with E-state index in [1.54, 1.807) is 0 Å². The first-order chi connectivity index (χ1) is 11.8. The molecule has 0 bridgehead atoms. The van der Waals surface area contributed by atoms with Crippen molar-refractivity contribution in [1.82, 2.24) is 4.90 Å². The van der Waals surface area contributed by atoms with E-state index in [-0.39, 0.29) is 17.7 Å². The van der Waals surface area contributed by atoms with Crippen molar-refractivity contribution in [2.24, 2.45) is 11.0 Å². The van der Waals surface area contributed by atoms with Gasteiger partial charge in [0, 0.05) is 36.9 Å². The third kappa shape index (κ3) is 3.76. The molecule has 2 aromatic carbocycles. The van der Waals surface area contributed by atoms with Crippen molar-refractivity contribution < 1.29 is 4.79 Å². The molecule has 1 saturated heterocycles. The summed E-state index contributed by atoms with van der Waals surface area (Å²) >= 11 is 0. The minimum absolute atomic E-state index is 0.126. The molecule has 1 atom stereocenters. The number of rotatable bonds is 6. The average Bonchev–Trinajstić information content (AvgIpc) is 2.99. The van der Waals surface area contributed by atoms with Gasteiger partial charge in [0.2, 0.25) is 5.91 Å². The molecule has 1 amide bonds. The zero-order chi connectivity index (χ0) is 16.8. The van der Waals surface area contributed by atoms with Crippen molar-refractivity contribution in [3.8, 4) is 0 Å². The molecule has 1 heterocycles. The fraction of sp³-hybridized carbons (Fsp3) is 0.316. The van der Waals surface area contributed by atoms with E-state index in [2.05, 4.69) is 34.3 Å². The van der Waals surface area contributed by atoms with E-state index < -0.39 is 0 Å². The van der Waals surface area contributed by atoms with Crippen LogP contribution in [0, 0.1) is 5.92 Å². The topological polar surface area (TPSA) is 69.1 Å². The first kappa shape index (κ1) is 16.1. The summed E-state index contributed by atoms with van der Waals surface area (Å²) in [5, 5.41) is 3.62. The molecule has 1 aliphatic heterocycles. The highest BCUT2D eigenvalue weighted by Crippen LogP contribution is 2.28. The normalized spacial score (nSPS) is 17.1. The molecule has 0 radical (unpaired) electrons. The Morgan fingerprint density at radius 3 is 2.21 bits per heavy atom. The quantitative estimate of drug-likeness (QED) is 0.451. The highest BCUT2D eigenvalue weighted by molar-refractivity contribution is 5.78. The Bertz CT molecular complexity index is 686. The third-order valence-corrected chi connectivity index (χ3v) is 4.50. The Balaban J connectivity index is 1.80. The van der Waals surface area contributed by atoms with Crippen LogP contribution < -0.4 is 0 Å². The number of likely N-dealkylation sites (tertiary alicyclic amines) is 1. The zero-order valence-corrected chi connectivity index (χ0v) is 13.5. The van der Waals surface area contributed by atoms with Gasteiger partial charge >= 0.3 is 0 Å². The Labute approximate surface area is 141 Å². The van der Waals surface area contributed by atoms with Crippen LogP contribution in [0.1, 0.15) is 23.5 Å². The predicted octanol–water partition coefficient (Wildman–Crippen LogP) is 3.98. The minimum Gasteiger partial charge on any atom is -0.341 e. The second kappa shape index (κ2) is 7.66. The number of azide groups is 1. The lowest BCUT2D eigenvalue weighted by atomic mass is 9.91. The fourth-order valence-corrected chi connectivity index (χ4v) is 3.30. The second-order valence-electron chi connectivity index (χ2n) is 6.16. The summed E-state index contributed by atoms with van der Waals surface area (Å²) in [5.41, 5.74) is 10.9. The van der Waals surface area contributed by atoms with E-state index >= 15 is 0 Å². The summed E-state index contributed by atoms with van der Waals surface area (Å²) in [7, 11) is 0. The SMILES string of the molecule is [N-]=[N+]=NCC1CC(=O)N(CC(c2ccccc2)c2ccccc2)C1. The lowest BCUT2D eigenvalue weighted by Gasteiger charge is -2.25. The molecule has 5 heteroatoms. The maximum Gasteiger partial charge on any atom is 0.222 e. The first-order valence-electron chi connectivity index (χ1n) is 8.16. The molecule has 122 valence electrons. The second-order valence-corrected chi connectivity index (χ2v) is 6.16. The van der Waals surface area contributed by atoms with Crippen LogP contribution in [0.4, 0.5) is 0 Å². The smallest absolute Gasteiger partial charge is 0.222 e. The average molecular weight is 320 g/mol. The van der Waals surface area contributed by atoms with Crippen LogP contribution in [0.5, 0.6) is 0 Å². The molecule has 1 unspecified atom stereocenters. The van der Waals surface area contributed by atoms with Gasteiger partial charge in [0.15, 0.2) is 0 Å². The number of hydrogen-bond donors (Lipinski definition) is 0. The molecule has 24 heavy (non-hydrogen) atoms. The lowest BCUT2D eigenvalue weighted by Crippen LogP contribution is -2.30. The molecule has 2 aromatic rings. The van der Waals surface area contributed by atoms with Gasteiger partial charge in [-0.2, -0.15) is 0 Å². The highest BCUT2D eigenvalue weighted by atomic mass is 16.2. The summed E-state index contributed by atoms with van der Waals surface area (Å²) in [6.07, 6.45) is 0.468. The van der Waals surface area contributed by atoms with Crippen molar-refractivity contribution in [1.29, 1.82) is 0 Å². The van der Waals surface area contributed by atoms with Gasteiger partial charge in [-0.25, -0.2) is 0 Å². The van der Waals surface area contributed by atoms with Crippen LogP contribution >= 0.6 is 0 Å². The third-order valence-electron chi connectivity index (χ3n) is 4.50. The standard InChI is InChI=1S/C19H20N4O/c20-22-21-12-15-11-19(24)23(13-15)14-18(16-7-3-1-4-8-16)17-9-5-2-6-10-17/h1-10,15,18H,11-14H2. The summed E-state index contributed by atoms with van der Waals surface area (Å²) in [4.78, 5) is 17.0. The number of benzene rings is 2. The predicted molar refractivity (Wildman–Crippen MR) is 93.4 cm³/mol. The summed E-state index contributed by atoms with van der Waals surface area (Å²) in [6, 6.07) is 20.5. The number of hydrogen-bond acceptors (Lipinski definition) is 2. The molecule has 0 aromatic heterocycles. The number of carbonyl (C=O) groups excluding carboxylic acids is 1. The van der Waals surface area contributed by atoms with Gasteiger partial charge in [0.05, 0.1) is 0 Å². The van der Waals surface area contributed by atoms with Crippen molar-refractivity contribution in [2.75, 3.05) is 19.6 Å². The maximum atomic E-state index is 12.3. The van der Waals surface area contributed by atoms with Gasteiger partial charge < -0.3 is 4.90 Å². The molecule has 1 aliphatic rings. The fourth-order valence-electron chi connectivity index (χ4n) is 3.30. The molecule has 0 aliphatic carbocycles. The van der Waals surface area contributed by atoms with Crippen LogP contribution in [-0.2, 0) is 4.79 Å². The highest BCUT2D eigenvalue weighted by Gasteiger charge is 2.31. The molecule has 0 N–H and O–H groups in total. The molecular weight excluding hydrogens is 300 g/mol. The van der Waals surface area contributed by atoms with E-state index in [1.165, 1.54) is 11.1 Å². The monoisotopic (exact) mass is 320 g/mol. The first-order valence-corrected chi connectivity index (χ1v) is 8.16. The maximum absolute atomic E-state index is 12.3. The number of carbonyl (C=O) groups is 1. The molecule has 0 saturated carbocycles. The van der Waals surface area contributed by atoms with Crippen molar-refractivity contribution in [3.05, 3.63) is 82.2 Å². The van der Waals surface area contributed by atoms with E-state index in [9.17, 15) is 4.79 Å².